The molecule has 144 valence electrons. The van der Waals surface area contributed by atoms with E-state index < -0.39 is 24.5 Å². The summed E-state index contributed by atoms with van der Waals surface area (Å²) in [5.74, 6) is -1.41. The van der Waals surface area contributed by atoms with E-state index in [1.807, 2.05) is 37.3 Å². The number of thiophene rings is 1. The number of nitrogens with one attached hydrogen (secondary N) is 1. The Morgan fingerprint density at radius 3 is 2.44 bits per heavy atom. The van der Waals surface area contributed by atoms with Gasteiger partial charge in [0.05, 0.1) is 12.2 Å². The monoisotopic (exact) mass is 389 g/mol. The number of anilines is 1. The molecule has 2 aromatic rings. The molecule has 1 amide bonds. The Labute approximate surface area is 162 Å². The average molecular weight is 389 g/mol. The van der Waals surface area contributed by atoms with Crippen LogP contribution in [0, 0.1) is 13.8 Å². The number of amides is 1. The molecular weight excluding hydrogens is 366 g/mol. The van der Waals surface area contributed by atoms with E-state index in [1.54, 1.807) is 13.8 Å². The molecule has 1 aromatic heterocycles. The molecule has 1 aromatic carbocycles. The highest BCUT2D eigenvalue weighted by Crippen LogP contribution is 2.33. The largest absolute Gasteiger partial charge is 0.462 e. The summed E-state index contributed by atoms with van der Waals surface area (Å²) in [5.41, 5.74) is 2.15. The quantitative estimate of drug-likeness (QED) is 0.697. The van der Waals surface area contributed by atoms with E-state index in [-0.39, 0.29) is 13.0 Å². The molecule has 7 heteroatoms. The molecule has 0 bridgehead atoms. The van der Waals surface area contributed by atoms with Crippen molar-refractivity contribution in [1.82, 2.24) is 0 Å². The van der Waals surface area contributed by atoms with Gasteiger partial charge in [0, 0.05) is 11.3 Å². The Hall–Kier alpha value is -2.67. The fourth-order valence-electron chi connectivity index (χ4n) is 2.44. The molecule has 1 heterocycles. The molecule has 0 saturated carbocycles. The van der Waals surface area contributed by atoms with Crippen LogP contribution in [0.2, 0.25) is 0 Å². The summed E-state index contributed by atoms with van der Waals surface area (Å²) in [5, 5.41) is 3.05. The van der Waals surface area contributed by atoms with Crippen LogP contribution < -0.4 is 5.32 Å². The Balaban J connectivity index is 1.87. The van der Waals surface area contributed by atoms with Gasteiger partial charge in [0.1, 0.15) is 5.00 Å². The van der Waals surface area contributed by atoms with Crippen LogP contribution in [-0.4, -0.2) is 31.1 Å². The number of carbonyl (C=O) groups excluding carboxylic acids is 3. The van der Waals surface area contributed by atoms with Crippen LogP contribution in [0.3, 0.4) is 0 Å². The zero-order valence-electron chi connectivity index (χ0n) is 15.7. The summed E-state index contributed by atoms with van der Waals surface area (Å²) < 4.78 is 10.1. The van der Waals surface area contributed by atoms with Crippen molar-refractivity contribution >= 4 is 34.2 Å². The van der Waals surface area contributed by atoms with Gasteiger partial charge < -0.3 is 14.8 Å². The highest BCUT2D eigenvalue weighted by Gasteiger charge is 2.22. The van der Waals surface area contributed by atoms with Crippen LogP contribution in [0.15, 0.2) is 30.3 Å². The van der Waals surface area contributed by atoms with Gasteiger partial charge in [-0.25, -0.2) is 4.79 Å². The normalized spacial score (nSPS) is 10.3. The van der Waals surface area contributed by atoms with Crippen molar-refractivity contribution in [2.24, 2.45) is 0 Å². The average Bonchev–Trinajstić information content (AvgIpc) is 2.93. The number of carbonyl (C=O) groups is 3. The molecule has 0 spiro atoms. The first-order chi connectivity index (χ1) is 12.9. The van der Waals surface area contributed by atoms with Crippen molar-refractivity contribution in [3.8, 4) is 0 Å². The summed E-state index contributed by atoms with van der Waals surface area (Å²) in [6, 6.07) is 9.57. The van der Waals surface area contributed by atoms with E-state index in [0.717, 1.165) is 16.0 Å². The van der Waals surface area contributed by atoms with Crippen molar-refractivity contribution in [2.75, 3.05) is 18.5 Å². The maximum absolute atomic E-state index is 12.1. The minimum atomic E-state index is -0.491. The standard InChI is InChI=1S/C20H23NO5S/c1-4-25-20(24)18-13(2)14(3)27-19(18)21-16(22)12-26-17(23)11-10-15-8-6-5-7-9-15/h5-9H,4,10-12H2,1-3H3,(H,21,22). The summed E-state index contributed by atoms with van der Waals surface area (Å²) in [6.07, 6.45) is 0.750. The van der Waals surface area contributed by atoms with Crippen LogP contribution in [0.1, 0.15) is 39.7 Å². The highest BCUT2D eigenvalue weighted by atomic mass is 32.1. The number of hydrogen-bond donors (Lipinski definition) is 1. The van der Waals surface area contributed by atoms with Crippen molar-refractivity contribution in [2.45, 2.75) is 33.6 Å². The second-order valence-electron chi connectivity index (χ2n) is 5.90. The van der Waals surface area contributed by atoms with Crippen molar-refractivity contribution in [3.05, 3.63) is 51.9 Å². The Morgan fingerprint density at radius 1 is 1.07 bits per heavy atom. The zero-order valence-corrected chi connectivity index (χ0v) is 16.5. The smallest absolute Gasteiger partial charge is 0.341 e. The predicted octanol–water partition coefficient (Wildman–Crippen LogP) is 3.66. The van der Waals surface area contributed by atoms with Gasteiger partial charge in [-0.3, -0.25) is 9.59 Å². The van der Waals surface area contributed by atoms with E-state index in [2.05, 4.69) is 5.32 Å². The van der Waals surface area contributed by atoms with Crippen LogP contribution in [0.5, 0.6) is 0 Å². The Bertz CT molecular complexity index is 813. The van der Waals surface area contributed by atoms with Gasteiger partial charge in [-0.15, -0.1) is 11.3 Å². The molecular formula is C20H23NO5S. The molecule has 0 atom stereocenters. The predicted molar refractivity (Wildman–Crippen MR) is 104 cm³/mol. The van der Waals surface area contributed by atoms with Gasteiger partial charge in [0.25, 0.3) is 5.91 Å². The van der Waals surface area contributed by atoms with Gasteiger partial charge in [-0.05, 0) is 38.3 Å². The molecule has 6 nitrogen and oxygen atoms in total. The number of benzene rings is 1. The van der Waals surface area contributed by atoms with Crippen LogP contribution in [-0.2, 0) is 25.5 Å². The number of esters is 2. The molecule has 0 radical (unpaired) electrons. The third-order valence-corrected chi connectivity index (χ3v) is 5.07. The van der Waals surface area contributed by atoms with E-state index in [1.165, 1.54) is 11.3 Å². The fraction of sp³-hybridized carbons (Fsp3) is 0.350. The number of aryl methyl sites for hydroxylation is 2. The lowest BCUT2D eigenvalue weighted by Gasteiger charge is -2.08. The second kappa shape index (κ2) is 9.87. The first kappa shape index (κ1) is 20.6. The fourth-order valence-corrected chi connectivity index (χ4v) is 3.50. The summed E-state index contributed by atoms with van der Waals surface area (Å²) in [7, 11) is 0. The first-order valence-electron chi connectivity index (χ1n) is 8.68. The Kier molecular flexibility index (Phi) is 7.55. The van der Waals surface area contributed by atoms with Gasteiger partial charge in [0.2, 0.25) is 0 Å². The van der Waals surface area contributed by atoms with E-state index in [4.69, 9.17) is 9.47 Å². The lowest BCUT2D eigenvalue weighted by molar-refractivity contribution is -0.147. The van der Waals surface area contributed by atoms with Crippen molar-refractivity contribution in [1.29, 1.82) is 0 Å². The maximum atomic E-state index is 12.1. The zero-order chi connectivity index (χ0) is 19.8. The van der Waals surface area contributed by atoms with Gasteiger partial charge in [0.15, 0.2) is 6.61 Å². The van der Waals surface area contributed by atoms with Crippen molar-refractivity contribution < 1.29 is 23.9 Å². The third-order valence-electron chi connectivity index (χ3n) is 3.94. The van der Waals surface area contributed by atoms with Crippen LogP contribution >= 0.6 is 11.3 Å². The molecule has 0 aliphatic rings. The van der Waals surface area contributed by atoms with Crippen LogP contribution in [0.4, 0.5) is 5.00 Å². The molecule has 27 heavy (non-hydrogen) atoms. The van der Waals surface area contributed by atoms with E-state index in [0.29, 0.717) is 17.0 Å². The van der Waals surface area contributed by atoms with Gasteiger partial charge in [-0.2, -0.15) is 0 Å². The van der Waals surface area contributed by atoms with E-state index in [9.17, 15) is 14.4 Å². The number of hydrogen-bond acceptors (Lipinski definition) is 6. The third kappa shape index (κ3) is 5.92. The minimum absolute atomic E-state index is 0.197. The second-order valence-corrected chi connectivity index (χ2v) is 7.13. The SMILES string of the molecule is CCOC(=O)c1c(NC(=O)COC(=O)CCc2ccccc2)sc(C)c1C. The van der Waals surface area contributed by atoms with Gasteiger partial charge >= 0.3 is 11.9 Å². The lowest BCUT2D eigenvalue weighted by Crippen LogP contribution is -2.22. The minimum Gasteiger partial charge on any atom is -0.462 e. The molecule has 1 N–H and O–H groups in total. The van der Waals surface area contributed by atoms with E-state index >= 15 is 0 Å². The Morgan fingerprint density at radius 2 is 1.78 bits per heavy atom. The number of ether oxygens (including phenoxy) is 2. The summed E-state index contributed by atoms with van der Waals surface area (Å²) >= 11 is 1.29. The molecule has 0 fully saturated rings. The molecule has 0 unspecified atom stereocenters. The molecule has 2 rings (SSSR count). The molecule has 0 aliphatic carbocycles. The van der Waals surface area contributed by atoms with Gasteiger partial charge in [-0.1, -0.05) is 30.3 Å². The van der Waals surface area contributed by atoms with Crippen molar-refractivity contribution in [3.63, 3.8) is 0 Å². The maximum Gasteiger partial charge on any atom is 0.341 e. The summed E-state index contributed by atoms with van der Waals surface area (Å²) in [6.45, 7) is 5.24. The lowest BCUT2D eigenvalue weighted by atomic mass is 10.1. The molecule has 0 aliphatic heterocycles. The van der Waals surface area contributed by atoms with Crippen LogP contribution in [0.25, 0.3) is 0 Å². The summed E-state index contributed by atoms with van der Waals surface area (Å²) in [4.78, 5) is 37.0. The molecule has 0 saturated heterocycles. The number of rotatable bonds is 8. The highest BCUT2D eigenvalue weighted by molar-refractivity contribution is 7.16. The topological polar surface area (TPSA) is 81.7 Å². The first-order valence-corrected chi connectivity index (χ1v) is 9.50.